The molecule has 1 amide bonds. The van der Waals surface area contributed by atoms with Crippen LogP contribution in [-0.4, -0.2) is 17.0 Å². The predicted molar refractivity (Wildman–Crippen MR) is 95.8 cm³/mol. The Morgan fingerprint density at radius 2 is 2.00 bits per heavy atom. The van der Waals surface area contributed by atoms with Gasteiger partial charge in [0.1, 0.15) is 12.4 Å². The molecular weight excluding hydrogens is 398 g/mol. The summed E-state index contributed by atoms with van der Waals surface area (Å²) in [6, 6.07) is 9.92. The number of carboxylic acid groups (broad SMARTS) is 1. The number of carbonyl (C=O) groups excluding carboxylic acids is 1. The molecule has 2 rings (SSSR count). The zero-order valence-corrected chi connectivity index (χ0v) is 15.1. The van der Waals surface area contributed by atoms with Gasteiger partial charge in [0.15, 0.2) is 0 Å². The molecule has 0 unspecified atom stereocenters. The lowest BCUT2D eigenvalue weighted by molar-refractivity contribution is -0.115. The highest BCUT2D eigenvalue weighted by Gasteiger charge is 2.13. The summed E-state index contributed by atoms with van der Waals surface area (Å²) in [7, 11) is 0. The molecule has 0 aliphatic heterocycles. The summed E-state index contributed by atoms with van der Waals surface area (Å²) >= 11 is 9.23. The van der Waals surface area contributed by atoms with E-state index in [1.807, 2.05) is 0 Å². The summed E-state index contributed by atoms with van der Waals surface area (Å²) < 4.78 is 6.35. The fourth-order valence-electron chi connectivity index (χ4n) is 1.94. The Labute approximate surface area is 152 Å². The maximum atomic E-state index is 11.5. The molecule has 24 heavy (non-hydrogen) atoms. The van der Waals surface area contributed by atoms with Crippen molar-refractivity contribution in [3.63, 3.8) is 0 Å². The highest BCUT2D eigenvalue weighted by molar-refractivity contribution is 9.10. The zero-order chi connectivity index (χ0) is 17.7. The molecule has 0 spiro atoms. The number of amides is 1. The highest BCUT2D eigenvalue weighted by Crippen LogP contribution is 2.27. The van der Waals surface area contributed by atoms with Crippen LogP contribution in [0.15, 0.2) is 40.9 Å². The van der Waals surface area contributed by atoms with Crippen molar-refractivity contribution in [2.75, 3.05) is 5.32 Å². The third kappa shape index (κ3) is 4.72. The van der Waals surface area contributed by atoms with E-state index >= 15 is 0 Å². The minimum atomic E-state index is -1.11. The molecule has 0 heterocycles. The van der Waals surface area contributed by atoms with E-state index < -0.39 is 5.97 Å². The van der Waals surface area contributed by atoms with E-state index in [4.69, 9.17) is 16.3 Å². The van der Waals surface area contributed by atoms with Crippen molar-refractivity contribution in [3.8, 4) is 5.75 Å². The lowest BCUT2D eigenvalue weighted by Crippen LogP contribution is -2.13. The molecule has 0 aromatic heterocycles. The normalized spacial score (nSPS) is 10.3. The fourth-order valence-corrected chi connectivity index (χ4v) is 2.41. The van der Waals surface area contributed by atoms with Crippen LogP contribution in [0.2, 0.25) is 5.02 Å². The molecule has 0 saturated carbocycles. The van der Waals surface area contributed by atoms with Crippen LogP contribution in [0, 0.1) is 0 Å². The molecule has 0 aliphatic rings. The number of carboxylic acids is 1. The second kappa shape index (κ2) is 8.17. The third-order valence-corrected chi connectivity index (χ3v) is 4.42. The number of benzene rings is 2. The SMILES string of the molecule is CCC(=O)Nc1ccc(COc2ccc(Cl)c(Br)c2)cc1C(=O)O. The summed E-state index contributed by atoms with van der Waals surface area (Å²) in [5.74, 6) is -0.753. The molecule has 5 nitrogen and oxygen atoms in total. The Morgan fingerprint density at radius 1 is 1.25 bits per heavy atom. The number of ether oxygens (including phenoxy) is 1. The maximum absolute atomic E-state index is 11.5. The van der Waals surface area contributed by atoms with Gasteiger partial charge in [-0.1, -0.05) is 24.6 Å². The molecular formula is C17H15BrClNO4. The highest BCUT2D eigenvalue weighted by atomic mass is 79.9. The van der Waals surface area contributed by atoms with Crippen molar-refractivity contribution in [2.45, 2.75) is 20.0 Å². The predicted octanol–water partition coefficient (Wildman–Crippen LogP) is 4.73. The molecule has 0 fully saturated rings. The summed E-state index contributed by atoms with van der Waals surface area (Å²) in [6.07, 6.45) is 0.273. The average Bonchev–Trinajstić information content (AvgIpc) is 2.56. The van der Waals surface area contributed by atoms with Crippen LogP contribution in [0.5, 0.6) is 5.75 Å². The minimum Gasteiger partial charge on any atom is -0.489 e. The van der Waals surface area contributed by atoms with Crippen molar-refractivity contribution < 1.29 is 19.4 Å². The maximum Gasteiger partial charge on any atom is 0.337 e. The smallest absolute Gasteiger partial charge is 0.337 e. The van der Waals surface area contributed by atoms with Gasteiger partial charge in [0.2, 0.25) is 5.91 Å². The molecule has 0 saturated heterocycles. The van der Waals surface area contributed by atoms with Gasteiger partial charge in [-0.2, -0.15) is 0 Å². The van der Waals surface area contributed by atoms with Crippen LogP contribution in [0.25, 0.3) is 0 Å². The Bertz CT molecular complexity index is 779. The second-order valence-electron chi connectivity index (χ2n) is 4.95. The summed E-state index contributed by atoms with van der Waals surface area (Å²) in [5, 5.41) is 12.5. The number of hydrogen-bond donors (Lipinski definition) is 2. The van der Waals surface area contributed by atoms with Gasteiger partial charge in [0.25, 0.3) is 0 Å². The number of nitrogens with one attached hydrogen (secondary N) is 1. The number of rotatable bonds is 6. The summed E-state index contributed by atoms with van der Waals surface area (Å²) in [6.45, 7) is 1.89. The number of halogens is 2. The molecule has 2 aromatic rings. The third-order valence-electron chi connectivity index (χ3n) is 3.21. The number of carbonyl (C=O) groups is 2. The van der Waals surface area contributed by atoms with Gasteiger partial charge < -0.3 is 15.2 Å². The lowest BCUT2D eigenvalue weighted by Gasteiger charge is -2.11. The zero-order valence-electron chi connectivity index (χ0n) is 12.8. The first-order chi connectivity index (χ1) is 11.4. The van der Waals surface area contributed by atoms with Crippen LogP contribution in [0.1, 0.15) is 29.3 Å². The van der Waals surface area contributed by atoms with Crippen LogP contribution in [-0.2, 0) is 11.4 Å². The van der Waals surface area contributed by atoms with Gasteiger partial charge in [-0.25, -0.2) is 4.79 Å². The second-order valence-corrected chi connectivity index (χ2v) is 6.21. The largest absolute Gasteiger partial charge is 0.489 e. The van der Waals surface area contributed by atoms with Crippen LogP contribution < -0.4 is 10.1 Å². The standard InChI is InChI=1S/C17H15BrClNO4/c1-2-16(21)20-15-6-3-10(7-12(15)17(22)23)9-24-11-4-5-14(19)13(18)8-11/h3-8H,2,9H2,1H3,(H,20,21)(H,22,23). The van der Waals surface area contributed by atoms with E-state index in [1.165, 1.54) is 6.07 Å². The molecule has 7 heteroatoms. The van der Waals surface area contributed by atoms with E-state index in [0.29, 0.717) is 20.8 Å². The average molecular weight is 413 g/mol. The number of anilines is 1. The van der Waals surface area contributed by atoms with E-state index in [9.17, 15) is 14.7 Å². The van der Waals surface area contributed by atoms with Gasteiger partial charge in [0, 0.05) is 10.9 Å². The van der Waals surface area contributed by atoms with Crippen molar-refractivity contribution in [1.82, 2.24) is 0 Å². The van der Waals surface area contributed by atoms with E-state index in [2.05, 4.69) is 21.2 Å². The van der Waals surface area contributed by atoms with Crippen molar-refractivity contribution >= 4 is 45.1 Å². The number of hydrogen-bond acceptors (Lipinski definition) is 3. The minimum absolute atomic E-state index is 0.0233. The van der Waals surface area contributed by atoms with Crippen molar-refractivity contribution in [1.29, 1.82) is 0 Å². The molecule has 0 aliphatic carbocycles. The summed E-state index contributed by atoms with van der Waals surface area (Å²) in [4.78, 5) is 22.9. The topological polar surface area (TPSA) is 75.6 Å². The van der Waals surface area contributed by atoms with Gasteiger partial charge in [-0.05, 0) is 51.8 Å². The quantitative estimate of drug-likeness (QED) is 0.719. The lowest BCUT2D eigenvalue weighted by atomic mass is 10.1. The summed E-state index contributed by atoms with van der Waals surface area (Å²) in [5.41, 5.74) is 0.968. The molecule has 0 radical (unpaired) electrons. The van der Waals surface area contributed by atoms with Gasteiger partial charge in [-0.15, -0.1) is 0 Å². The first-order valence-corrected chi connectivity index (χ1v) is 8.31. The van der Waals surface area contributed by atoms with E-state index in [1.54, 1.807) is 37.3 Å². The molecule has 126 valence electrons. The first-order valence-electron chi connectivity index (χ1n) is 7.14. The van der Waals surface area contributed by atoms with Crippen LogP contribution in [0.3, 0.4) is 0 Å². The van der Waals surface area contributed by atoms with Gasteiger partial charge >= 0.3 is 5.97 Å². The Balaban J connectivity index is 2.15. The monoisotopic (exact) mass is 411 g/mol. The van der Waals surface area contributed by atoms with Gasteiger partial charge in [0.05, 0.1) is 16.3 Å². The van der Waals surface area contributed by atoms with Gasteiger partial charge in [-0.3, -0.25) is 4.79 Å². The van der Waals surface area contributed by atoms with Crippen molar-refractivity contribution in [2.24, 2.45) is 0 Å². The molecule has 0 atom stereocenters. The molecule has 2 aromatic carbocycles. The van der Waals surface area contributed by atoms with Crippen LogP contribution >= 0.6 is 27.5 Å². The fraction of sp³-hybridized carbons (Fsp3) is 0.176. The van der Waals surface area contributed by atoms with Crippen LogP contribution in [0.4, 0.5) is 5.69 Å². The molecule has 0 bridgehead atoms. The first kappa shape index (κ1) is 18.3. The number of aromatic carboxylic acids is 1. The van der Waals surface area contributed by atoms with E-state index in [-0.39, 0.29) is 30.2 Å². The Kier molecular flexibility index (Phi) is 6.23. The van der Waals surface area contributed by atoms with Crippen molar-refractivity contribution in [3.05, 3.63) is 57.0 Å². The molecule has 2 N–H and O–H groups in total. The Morgan fingerprint density at radius 3 is 2.62 bits per heavy atom. The Hall–Kier alpha value is -2.05. The van der Waals surface area contributed by atoms with E-state index in [0.717, 1.165) is 0 Å².